The molecule has 0 bridgehead atoms. The van der Waals surface area contributed by atoms with E-state index < -0.39 is 61.1 Å². The third-order valence-electron chi connectivity index (χ3n) is 4.28. The van der Waals surface area contributed by atoms with Crippen LogP contribution in [0.4, 0.5) is 0 Å². The van der Waals surface area contributed by atoms with Gasteiger partial charge in [-0.25, -0.2) is 0 Å². The molecule has 0 spiro atoms. The molecule has 2 rings (SSSR count). The second-order valence-electron chi connectivity index (χ2n) is 5.90. The number of hydrogen-bond donors (Lipinski definition) is 8. The summed E-state index contributed by atoms with van der Waals surface area (Å²) in [6, 6.07) is -1.38. The Hall–Kier alpha value is -0.400. The highest BCUT2D eigenvalue weighted by Gasteiger charge is 2.48. The maximum atomic E-state index is 10.0. The van der Waals surface area contributed by atoms with Crippen LogP contribution in [0, 0.1) is 0 Å². The molecule has 0 amide bonds. The van der Waals surface area contributed by atoms with E-state index in [1.54, 1.807) is 0 Å². The molecule has 1 aliphatic carbocycles. The summed E-state index contributed by atoms with van der Waals surface area (Å²) >= 11 is 0. The van der Waals surface area contributed by atoms with Crippen molar-refractivity contribution in [2.75, 3.05) is 6.54 Å². The molecule has 2 aliphatic rings. The van der Waals surface area contributed by atoms with Crippen molar-refractivity contribution in [1.82, 2.24) is 0 Å². The fourth-order valence-electron chi connectivity index (χ4n) is 2.85. The third kappa shape index (κ3) is 3.26. The minimum absolute atomic E-state index is 0.0996. The number of nitrogens with two attached hydrogens (primary N) is 3. The maximum Gasteiger partial charge on any atom is 0.187 e. The van der Waals surface area contributed by atoms with Gasteiger partial charge in [0.05, 0.1) is 6.10 Å². The van der Waals surface area contributed by atoms with Crippen LogP contribution in [0.25, 0.3) is 0 Å². The molecule has 10 nitrogen and oxygen atoms in total. The van der Waals surface area contributed by atoms with E-state index in [0.29, 0.717) is 0 Å². The number of hydrogen-bond acceptors (Lipinski definition) is 10. The van der Waals surface area contributed by atoms with E-state index in [2.05, 4.69) is 0 Å². The predicted molar refractivity (Wildman–Crippen MR) is 73.2 cm³/mol. The topological polar surface area (TPSA) is 198 Å². The second kappa shape index (κ2) is 7.01. The van der Waals surface area contributed by atoms with Gasteiger partial charge < -0.3 is 52.2 Å². The largest absolute Gasteiger partial charge is 0.389 e. The van der Waals surface area contributed by atoms with E-state index in [1.165, 1.54) is 0 Å². The van der Waals surface area contributed by atoms with Crippen molar-refractivity contribution in [3.63, 3.8) is 0 Å². The molecule has 1 unspecified atom stereocenters. The summed E-state index contributed by atoms with van der Waals surface area (Å²) in [6.45, 7) is -0.0996. The Balaban J connectivity index is 2.08. The lowest BCUT2D eigenvalue weighted by Crippen LogP contribution is -2.65. The molecule has 0 aromatic carbocycles. The molecule has 10 atom stereocenters. The van der Waals surface area contributed by atoms with E-state index in [-0.39, 0.29) is 13.0 Å². The van der Waals surface area contributed by atoms with Gasteiger partial charge in [0.2, 0.25) is 0 Å². The molecule has 1 heterocycles. The molecule has 10 heteroatoms. The summed E-state index contributed by atoms with van der Waals surface area (Å²) in [5.74, 6) is 0. The zero-order valence-corrected chi connectivity index (χ0v) is 12.0. The Labute approximate surface area is 127 Å². The lowest BCUT2D eigenvalue weighted by Gasteiger charge is -2.45. The molecule has 0 aromatic rings. The monoisotopic (exact) mass is 323 g/mol. The Morgan fingerprint density at radius 3 is 2.09 bits per heavy atom. The molecule has 1 saturated heterocycles. The van der Waals surface area contributed by atoms with Crippen molar-refractivity contribution >= 4 is 0 Å². The highest BCUT2D eigenvalue weighted by Crippen LogP contribution is 2.27. The highest BCUT2D eigenvalue weighted by molar-refractivity contribution is 4.99. The molecule has 22 heavy (non-hydrogen) atoms. The summed E-state index contributed by atoms with van der Waals surface area (Å²) in [5.41, 5.74) is 16.9. The summed E-state index contributed by atoms with van der Waals surface area (Å²) < 4.78 is 10.8. The lowest BCUT2D eigenvalue weighted by molar-refractivity contribution is -0.318. The number of ether oxygens (including phenoxy) is 2. The summed E-state index contributed by atoms with van der Waals surface area (Å²) in [4.78, 5) is 0. The minimum atomic E-state index is -1.55. The zero-order valence-electron chi connectivity index (χ0n) is 12.0. The molecule has 1 saturated carbocycles. The smallest absolute Gasteiger partial charge is 0.187 e. The minimum Gasteiger partial charge on any atom is -0.389 e. The van der Waals surface area contributed by atoms with E-state index in [4.69, 9.17) is 26.7 Å². The van der Waals surface area contributed by atoms with Crippen molar-refractivity contribution in [2.45, 2.75) is 67.5 Å². The molecule has 0 radical (unpaired) electrons. The predicted octanol–water partition coefficient (Wildman–Crippen LogP) is -5.08. The van der Waals surface area contributed by atoms with Gasteiger partial charge in [-0.3, -0.25) is 0 Å². The van der Waals surface area contributed by atoms with Gasteiger partial charge in [0, 0.05) is 18.6 Å². The molecule has 11 N–H and O–H groups in total. The average molecular weight is 323 g/mol. The van der Waals surface area contributed by atoms with Crippen molar-refractivity contribution < 1.29 is 35.0 Å². The molecule has 2 fully saturated rings. The van der Waals surface area contributed by atoms with Gasteiger partial charge in [-0.2, -0.15) is 0 Å². The Bertz CT molecular complexity index is 375. The van der Waals surface area contributed by atoms with Crippen LogP contribution in [-0.2, 0) is 9.47 Å². The number of rotatable bonds is 3. The van der Waals surface area contributed by atoms with Crippen molar-refractivity contribution in [2.24, 2.45) is 17.2 Å². The Morgan fingerprint density at radius 2 is 1.50 bits per heavy atom. The normalized spacial score (nSPS) is 53.5. The first kappa shape index (κ1) is 17.9. The molecule has 1 aliphatic heterocycles. The standard InChI is InChI=1S/C12H25N3O7/c13-2-5-7(17)8(18)10(20)12(21-5)22-11-4(15)1-3(14)6(16)9(11)19/h3-12,16-20H,1-2,13-15H2/t3-,4+,5-,6+,7-,8+,9-,10-,11?,12-/m1/s1. The first-order chi connectivity index (χ1) is 10.3. The fourth-order valence-corrected chi connectivity index (χ4v) is 2.85. The Morgan fingerprint density at radius 1 is 0.864 bits per heavy atom. The van der Waals surface area contributed by atoms with E-state index in [9.17, 15) is 25.5 Å². The van der Waals surface area contributed by atoms with Gasteiger partial charge in [-0.05, 0) is 6.42 Å². The molecular weight excluding hydrogens is 298 g/mol. The van der Waals surface area contributed by atoms with Gasteiger partial charge in [0.15, 0.2) is 6.29 Å². The van der Waals surface area contributed by atoms with Crippen LogP contribution in [-0.4, -0.2) is 93.2 Å². The quantitative estimate of drug-likeness (QED) is 0.248. The number of aliphatic hydroxyl groups excluding tert-OH is 5. The first-order valence-corrected chi connectivity index (χ1v) is 7.20. The van der Waals surface area contributed by atoms with Gasteiger partial charge in [-0.15, -0.1) is 0 Å². The first-order valence-electron chi connectivity index (χ1n) is 7.20. The van der Waals surface area contributed by atoms with E-state index in [1.807, 2.05) is 0 Å². The zero-order chi connectivity index (χ0) is 16.6. The SMILES string of the molecule is NC[C@H]1O[C@H](OC2[C@@H](N)C[C@@H](N)[C@H](O)[C@H]2O)[C@H](O)[C@@H](O)[C@@H]1O. The number of aliphatic hydroxyl groups is 5. The summed E-state index contributed by atoms with van der Waals surface area (Å²) in [6.07, 6.45) is -10.1. The molecule has 0 aromatic heterocycles. The van der Waals surface area contributed by atoms with Gasteiger partial charge >= 0.3 is 0 Å². The van der Waals surface area contributed by atoms with Crippen molar-refractivity contribution in [3.05, 3.63) is 0 Å². The van der Waals surface area contributed by atoms with E-state index >= 15 is 0 Å². The van der Waals surface area contributed by atoms with Gasteiger partial charge in [0.1, 0.15) is 36.6 Å². The van der Waals surface area contributed by atoms with Crippen LogP contribution < -0.4 is 17.2 Å². The summed E-state index contributed by atoms with van der Waals surface area (Å²) in [7, 11) is 0. The lowest BCUT2D eigenvalue weighted by atomic mass is 9.84. The molecule has 130 valence electrons. The summed E-state index contributed by atoms with van der Waals surface area (Å²) in [5, 5.41) is 49.3. The van der Waals surface area contributed by atoms with Crippen LogP contribution in [0.1, 0.15) is 6.42 Å². The average Bonchev–Trinajstić information content (AvgIpc) is 2.49. The maximum absolute atomic E-state index is 10.0. The van der Waals surface area contributed by atoms with E-state index in [0.717, 1.165) is 0 Å². The van der Waals surface area contributed by atoms with Gasteiger partial charge in [0.25, 0.3) is 0 Å². The molecular formula is C12H25N3O7. The fraction of sp³-hybridized carbons (Fsp3) is 1.00. The van der Waals surface area contributed by atoms with Crippen LogP contribution in [0.3, 0.4) is 0 Å². The highest BCUT2D eigenvalue weighted by atomic mass is 16.7. The second-order valence-corrected chi connectivity index (χ2v) is 5.90. The third-order valence-corrected chi connectivity index (χ3v) is 4.28. The van der Waals surface area contributed by atoms with Crippen LogP contribution in [0.5, 0.6) is 0 Å². The van der Waals surface area contributed by atoms with Crippen molar-refractivity contribution in [3.8, 4) is 0 Å². The Kier molecular flexibility index (Phi) is 5.72. The van der Waals surface area contributed by atoms with Gasteiger partial charge in [-0.1, -0.05) is 0 Å². The van der Waals surface area contributed by atoms with Crippen LogP contribution >= 0.6 is 0 Å². The van der Waals surface area contributed by atoms with Crippen LogP contribution in [0.2, 0.25) is 0 Å². The van der Waals surface area contributed by atoms with Crippen LogP contribution in [0.15, 0.2) is 0 Å². The van der Waals surface area contributed by atoms with Crippen molar-refractivity contribution in [1.29, 1.82) is 0 Å².